The molecule has 1 heterocycles. The number of ether oxygens (including phenoxy) is 1. The van der Waals surface area contributed by atoms with Crippen molar-refractivity contribution >= 4 is 5.91 Å². The number of carbonyl (C=O) groups is 1. The van der Waals surface area contributed by atoms with Gasteiger partial charge in [0.1, 0.15) is 11.6 Å². The van der Waals surface area contributed by atoms with Crippen LogP contribution in [0, 0.1) is 5.82 Å². The molecule has 0 atom stereocenters. The van der Waals surface area contributed by atoms with Gasteiger partial charge in [-0.05, 0) is 24.3 Å². The Kier molecular flexibility index (Phi) is 5.36. The van der Waals surface area contributed by atoms with Crippen molar-refractivity contribution in [2.24, 2.45) is 0 Å². The lowest BCUT2D eigenvalue weighted by Crippen LogP contribution is -2.30. The number of carbonyl (C=O) groups excluding carboxylic acids is 1. The molecule has 6 nitrogen and oxygen atoms in total. The smallest absolute Gasteiger partial charge is 0.257 e. The summed E-state index contributed by atoms with van der Waals surface area (Å²) in [7, 11) is 0. The van der Waals surface area contributed by atoms with Crippen molar-refractivity contribution in [3.05, 3.63) is 66.3 Å². The van der Waals surface area contributed by atoms with Crippen LogP contribution in [0.1, 0.15) is 5.89 Å². The number of rotatable bonds is 7. The molecule has 3 aromatic rings. The Balaban J connectivity index is 1.41. The van der Waals surface area contributed by atoms with E-state index in [1.165, 1.54) is 24.3 Å². The maximum atomic E-state index is 12.8. The fourth-order valence-electron chi connectivity index (χ4n) is 2.10. The Labute approximate surface area is 143 Å². The molecular formula is C18H16FN3O3. The second kappa shape index (κ2) is 8.05. The van der Waals surface area contributed by atoms with E-state index in [1.54, 1.807) is 0 Å². The van der Waals surface area contributed by atoms with E-state index >= 15 is 0 Å². The topological polar surface area (TPSA) is 77.2 Å². The highest BCUT2D eigenvalue weighted by Gasteiger charge is 2.09. The van der Waals surface area contributed by atoms with Gasteiger partial charge in [-0.15, -0.1) is 0 Å². The lowest BCUT2D eigenvalue weighted by atomic mass is 10.2. The fraction of sp³-hybridized carbons (Fsp3) is 0.167. The van der Waals surface area contributed by atoms with E-state index in [4.69, 9.17) is 9.26 Å². The summed E-state index contributed by atoms with van der Waals surface area (Å²) in [6, 6.07) is 15.0. The summed E-state index contributed by atoms with van der Waals surface area (Å²) in [6.07, 6.45) is 0.419. The minimum Gasteiger partial charge on any atom is -0.484 e. The van der Waals surface area contributed by atoms with Crippen LogP contribution in [0.15, 0.2) is 59.1 Å². The lowest BCUT2D eigenvalue weighted by Gasteiger charge is -2.06. The summed E-state index contributed by atoms with van der Waals surface area (Å²) in [4.78, 5) is 16.0. The molecule has 25 heavy (non-hydrogen) atoms. The molecule has 1 N–H and O–H groups in total. The maximum absolute atomic E-state index is 12.8. The van der Waals surface area contributed by atoms with E-state index in [1.807, 2.05) is 30.3 Å². The second-order valence-electron chi connectivity index (χ2n) is 5.22. The van der Waals surface area contributed by atoms with Gasteiger partial charge in [-0.2, -0.15) is 4.98 Å². The largest absolute Gasteiger partial charge is 0.484 e. The van der Waals surface area contributed by atoms with Crippen LogP contribution in [0.4, 0.5) is 4.39 Å². The summed E-state index contributed by atoms with van der Waals surface area (Å²) >= 11 is 0. The fourth-order valence-corrected chi connectivity index (χ4v) is 2.10. The summed E-state index contributed by atoms with van der Waals surface area (Å²) in [5.41, 5.74) is 0.870. The zero-order valence-electron chi connectivity index (χ0n) is 13.3. The third-order valence-corrected chi connectivity index (χ3v) is 3.34. The molecule has 0 aliphatic rings. The van der Waals surface area contributed by atoms with Gasteiger partial charge in [-0.25, -0.2) is 4.39 Å². The number of halogens is 1. The van der Waals surface area contributed by atoms with Crippen LogP contribution in [0.2, 0.25) is 0 Å². The normalized spacial score (nSPS) is 10.4. The average Bonchev–Trinajstić information content (AvgIpc) is 3.11. The number of aromatic nitrogens is 2. The zero-order chi connectivity index (χ0) is 17.5. The predicted molar refractivity (Wildman–Crippen MR) is 88.3 cm³/mol. The van der Waals surface area contributed by atoms with Crippen LogP contribution in [0.5, 0.6) is 5.75 Å². The molecule has 7 heteroatoms. The molecule has 0 saturated heterocycles. The Bertz CT molecular complexity index is 819. The second-order valence-corrected chi connectivity index (χ2v) is 5.22. The molecular weight excluding hydrogens is 325 g/mol. The molecule has 3 rings (SSSR count). The number of amides is 1. The van der Waals surface area contributed by atoms with Crippen molar-refractivity contribution < 1.29 is 18.4 Å². The van der Waals surface area contributed by atoms with E-state index in [-0.39, 0.29) is 18.3 Å². The number of hydrogen-bond acceptors (Lipinski definition) is 5. The first-order valence-corrected chi connectivity index (χ1v) is 7.74. The van der Waals surface area contributed by atoms with Crippen molar-refractivity contribution in [2.45, 2.75) is 6.42 Å². The average molecular weight is 341 g/mol. The first-order valence-electron chi connectivity index (χ1n) is 7.74. The Morgan fingerprint density at radius 3 is 2.64 bits per heavy atom. The molecule has 0 aliphatic heterocycles. The first kappa shape index (κ1) is 16.6. The van der Waals surface area contributed by atoms with Crippen LogP contribution in [-0.4, -0.2) is 29.2 Å². The predicted octanol–water partition coefficient (Wildman–Crippen LogP) is 2.61. The number of benzene rings is 2. The highest BCUT2D eigenvalue weighted by Crippen LogP contribution is 2.14. The molecule has 0 bridgehead atoms. The standard InChI is InChI=1S/C18H16FN3O3/c19-14-6-8-15(9-7-14)24-12-16(23)20-11-10-17-21-18(22-25-17)13-4-2-1-3-5-13/h1-9H,10-12H2,(H,20,23). The first-order chi connectivity index (χ1) is 12.2. The van der Waals surface area contributed by atoms with E-state index in [0.717, 1.165) is 5.56 Å². The van der Waals surface area contributed by atoms with Crippen LogP contribution in [0.3, 0.4) is 0 Å². The highest BCUT2D eigenvalue weighted by molar-refractivity contribution is 5.77. The van der Waals surface area contributed by atoms with Gasteiger partial charge in [0.25, 0.3) is 5.91 Å². The van der Waals surface area contributed by atoms with Crippen molar-refractivity contribution in [3.8, 4) is 17.1 Å². The van der Waals surface area contributed by atoms with Crippen molar-refractivity contribution in [2.75, 3.05) is 13.2 Å². The molecule has 1 aromatic heterocycles. The summed E-state index contributed by atoms with van der Waals surface area (Å²) in [6.45, 7) is 0.201. The van der Waals surface area contributed by atoms with Crippen LogP contribution >= 0.6 is 0 Å². The van der Waals surface area contributed by atoms with Gasteiger partial charge in [0.15, 0.2) is 6.61 Å². The minimum atomic E-state index is -0.355. The number of nitrogens with one attached hydrogen (secondary N) is 1. The van der Waals surface area contributed by atoms with E-state index in [0.29, 0.717) is 30.4 Å². The molecule has 0 radical (unpaired) electrons. The maximum Gasteiger partial charge on any atom is 0.257 e. The molecule has 0 unspecified atom stereocenters. The van der Waals surface area contributed by atoms with Crippen LogP contribution in [0.25, 0.3) is 11.4 Å². The van der Waals surface area contributed by atoms with Gasteiger partial charge in [-0.1, -0.05) is 35.5 Å². The van der Waals surface area contributed by atoms with E-state index in [9.17, 15) is 9.18 Å². The van der Waals surface area contributed by atoms with Crippen molar-refractivity contribution in [3.63, 3.8) is 0 Å². The summed E-state index contributed by atoms with van der Waals surface area (Å²) < 4.78 is 23.2. The zero-order valence-corrected chi connectivity index (χ0v) is 13.3. The van der Waals surface area contributed by atoms with Crippen LogP contribution < -0.4 is 10.1 Å². The number of hydrogen-bond donors (Lipinski definition) is 1. The molecule has 0 fully saturated rings. The molecule has 1 amide bonds. The van der Waals surface area contributed by atoms with Gasteiger partial charge < -0.3 is 14.6 Å². The molecule has 128 valence electrons. The molecule has 0 aliphatic carbocycles. The summed E-state index contributed by atoms with van der Waals surface area (Å²) in [5.74, 6) is 0.750. The van der Waals surface area contributed by atoms with Gasteiger partial charge >= 0.3 is 0 Å². The van der Waals surface area contributed by atoms with Gasteiger partial charge in [0.2, 0.25) is 11.7 Å². The van der Waals surface area contributed by atoms with E-state index < -0.39 is 0 Å². The lowest BCUT2D eigenvalue weighted by molar-refractivity contribution is -0.123. The molecule has 0 saturated carbocycles. The Hall–Kier alpha value is -3.22. The molecule has 0 spiro atoms. The Morgan fingerprint density at radius 1 is 1.12 bits per heavy atom. The van der Waals surface area contributed by atoms with Crippen LogP contribution in [-0.2, 0) is 11.2 Å². The SMILES string of the molecule is O=C(COc1ccc(F)cc1)NCCc1nc(-c2ccccc2)no1. The van der Waals surface area contributed by atoms with Gasteiger partial charge in [-0.3, -0.25) is 4.79 Å². The monoisotopic (exact) mass is 341 g/mol. The number of nitrogens with zero attached hydrogens (tertiary/aromatic N) is 2. The third-order valence-electron chi connectivity index (χ3n) is 3.34. The third kappa shape index (κ3) is 4.87. The molecule has 2 aromatic carbocycles. The van der Waals surface area contributed by atoms with E-state index in [2.05, 4.69) is 15.5 Å². The van der Waals surface area contributed by atoms with Gasteiger partial charge in [0.05, 0.1) is 0 Å². The quantitative estimate of drug-likeness (QED) is 0.715. The highest BCUT2D eigenvalue weighted by atomic mass is 19.1. The minimum absolute atomic E-state index is 0.148. The van der Waals surface area contributed by atoms with Gasteiger partial charge in [0, 0.05) is 18.5 Å². The van der Waals surface area contributed by atoms with Crippen molar-refractivity contribution in [1.29, 1.82) is 0 Å². The van der Waals surface area contributed by atoms with Crippen molar-refractivity contribution in [1.82, 2.24) is 15.5 Å². The summed E-state index contributed by atoms with van der Waals surface area (Å²) in [5, 5.41) is 6.61. The Morgan fingerprint density at radius 2 is 1.88 bits per heavy atom.